The number of nitrogens with zero attached hydrogens (tertiary/aromatic N) is 5. The van der Waals surface area contributed by atoms with Crippen molar-refractivity contribution >= 4 is 28.8 Å². The summed E-state index contributed by atoms with van der Waals surface area (Å²) < 4.78 is 9.32. The van der Waals surface area contributed by atoms with Gasteiger partial charge in [0.1, 0.15) is 5.52 Å². The number of oxazole rings is 1. The highest BCUT2D eigenvalue weighted by molar-refractivity contribution is 6.31. The summed E-state index contributed by atoms with van der Waals surface area (Å²) in [5, 5.41) is 11.1. The number of aromatic hydroxyl groups is 1. The molecule has 3 heterocycles. The zero-order valence-corrected chi connectivity index (χ0v) is 18.1. The molecule has 162 valence electrons. The number of allylic oxidation sites excluding steroid dienone is 1. The van der Waals surface area contributed by atoms with E-state index in [2.05, 4.69) is 26.7 Å². The number of hydrogen-bond acceptors (Lipinski definition) is 6. The van der Waals surface area contributed by atoms with Crippen molar-refractivity contribution in [3.05, 3.63) is 51.0 Å². The molecular weight excluding hydrogens is 430 g/mol. The lowest BCUT2D eigenvalue weighted by Crippen LogP contribution is -2.24. The van der Waals surface area contributed by atoms with Crippen LogP contribution in [0.15, 0.2) is 33.5 Å². The number of halogens is 1. The van der Waals surface area contributed by atoms with Crippen LogP contribution in [0.2, 0.25) is 5.02 Å². The Balaban J connectivity index is 1.58. The Morgan fingerprint density at radius 3 is 2.81 bits per heavy atom. The molecular formula is C23H20ClN5O3. The summed E-state index contributed by atoms with van der Waals surface area (Å²) in [6.45, 7) is 0. The highest BCUT2D eigenvalue weighted by Gasteiger charge is 2.31. The third-order valence-corrected chi connectivity index (χ3v) is 6.54. The second-order valence-electron chi connectivity index (χ2n) is 8.29. The molecule has 1 aromatic carbocycles. The van der Waals surface area contributed by atoms with Crippen LogP contribution < -0.4 is 5.56 Å². The first-order valence-corrected chi connectivity index (χ1v) is 11.0. The topological polar surface area (TPSA) is 99.0 Å². The molecule has 0 atom stereocenters. The van der Waals surface area contributed by atoms with Gasteiger partial charge in [0, 0.05) is 18.1 Å². The van der Waals surface area contributed by atoms with Crippen molar-refractivity contribution in [3.63, 3.8) is 0 Å². The lowest BCUT2D eigenvalue weighted by atomic mass is 9.92. The molecule has 1 N–H and O–H groups in total. The van der Waals surface area contributed by atoms with Gasteiger partial charge in [0.05, 0.1) is 11.4 Å². The van der Waals surface area contributed by atoms with E-state index in [0.29, 0.717) is 33.8 Å². The first kappa shape index (κ1) is 19.3. The Bertz CT molecular complexity index is 1480. The number of rotatable bonds is 3. The van der Waals surface area contributed by atoms with Crippen LogP contribution in [-0.2, 0) is 13.5 Å². The van der Waals surface area contributed by atoms with Crippen LogP contribution in [0.4, 0.5) is 0 Å². The number of aryl methyl sites for hydroxylation is 1. The van der Waals surface area contributed by atoms with Gasteiger partial charge in [-0.15, -0.1) is 0 Å². The number of aromatic nitrogens is 5. The average Bonchev–Trinajstić information content (AvgIpc) is 3.33. The van der Waals surface area contributed by atoms with Gasteiger partial charge in [-0.25, -0.2) is 15.0 Å². The van der Waals surface area contributed by atoms with Crippen molar-refractivity contribution in [2.45, 2.75) is 38.1 Å². The van der Waals surface area contributed by atoms with E-state index in [-0.39, 0.29) is 11.6 Å². The molecule has 0 amide bonds. The van der Waals surface area contributed by atoms with Crippen LogP contribution in [0, 0.1) is 0 Å². The van der Waals surface area contributed by atoms with Crippen LogP contribution >= 0.6 is 11.6 Å². The fourth-order valence-electron chi connectivity index (χ4n) is 4.38. The molecule has 2 aliphatic carbocycles. The highest BCUT2D eigenvalue weighted by Crippen LogP contribution is 2.39. The quantitative estimate of drug-likeness (QED) is 0.494. The fourth-order valence-corrected chi connectivity index (χ4v) is 4.55. The van der Waals surface area contributed by atoms with Crippen LogP contribution in [0.3, 0.4) is 0 Å². The minimum absolute atomic E-state index is 0.00732. The van der Waals surface area contributed by atoms with E-state index >= 15 is 0 Å². The minimum atomic E-state index is -0.582. The molecule has 0 saturated heterocycles. The summed E-state index contributed by atoms with van der Waals surface area (Å²) in [5.74, 6) is 0.550. The van der Waals surface area contributed by atoms with Crippen LogP contribution in [0.5, 0.6) is 5.75 Å². The number of hydrogen-bond donors (Lipinski definition) is 1. The smallest absolute Gasteiger partial charge is 0.296 e. The lowest BCUT2D eigenvalue weighted by molar-refractivity contribution is 0.314. The van der Waals surface area contributed by atoms with Gasteiger partial charge in [-0.05, 0) is 56.4 Å². The van der Waals surface area contributed by atoms with Crippen molar-refractivity contribution in [3.8, 4) is 29.0 Å². The van der Waals surface area contributed by atoms with E-state index < -0.39 is 11.3 Å². The summed E-state index contributed by atoms with van der Waals surface area (Å²) in [6, 6.07) is 5.36. The molecule has 1 fully saturated rings. The number of imidazole rings is 1. The summed E-state index contributed by atoms with van der Waals surface area (Å²) in [6.07, 6.45) is 9.34. The fraction of sp³-hybridized carbons (Fsp3) is 0.304. The molecule has 2 aliphatic rings. The van der Waals surface area contributed by atoms with Gasteiger partial charge in [0.2, 0.25) is 11.6 Å². The molecule has 0 bridgehead atoms. The predicted octanol–water partition coefficient (Wildman–Crippen LogP) is 4.50. The second-order valence-corrected chi connectivity index (χ2v) is 8.73. The largest absolute Gasteiger partial charge is 0.501 e. The maximum absolute atomic E-state index is 13.0. The monoisotopic (exact) mass is 449 g/mol. The number of fused-ring (bicyclic) bond motifs is 2. The lowest BCUT2D eigenvalue weighted by Gasteiger charge is -2.30. The van der Waals surface area contributed by atoms with Crippen LogP contribution in [0.1, 0.15) is 43.1 Å². The summed E-state index contributed by atoms with van der Waals surface area (Å²) >= 11 is 6.06. The van der Waals surface area contributed by atoms with Crippen molar-refractivity contribution in [2.75, 3.05) is 0 Å². The first-order valence-electron chi connectivity index (χ1n) is 10.7. The van der Waals surface area contributed by atoms with Crippen LogP contribution in [0.25, 0.3) is 40.4 Å². The summed E-state index contributed by atoms with van der Waals surface area (Å²) in [7, 11) is 1.59. The summed E-state index contributed by atoms with van der Waals surface area (Å²) in [4.78, 5) is 26.9. The number of benzene rings is 1. The minimum Gasteiger partial charge on any atom is -0.501 e. The third kappa shape index (κ3) is 2.82. The molecule has 6 rings (SSSR count). The van der Waals surface area contributed by atoms with E-state index in [9.17, 15) is 9.90 Å². The standard InChI is InChI=1S/C23H20ClN5O3/c1-28-20(21-25-14-7-2-3-8-16(14)29(21)13-5-4-6-13)27-18(19(30)23(28)31)22-26-15-11-12(24)9-10-17(15)32-22/h3,8-11,13,30H,2,4-7H2,1H3. The van der Waals surface area contributed by atoms with Crippen molar-refractivity contribution in [1.82, 2.24) is 24.1 Å². The molecule has 8 nitrogen and oxygen atoms in total. The van der Waals surface area contributed by atoms with Gasteiger partial charge < -0.3 is 14.1 Å². The van der Waals surface area contributed by atoms with E-state index in [1.54, 1.807) is 25.2 Å². The Kier molecular flexibility index (Phi) is 4.26. The Hall–Kier alpha value is -3.39. The Morgan fingerprint density at radius 1 is 1.19 bits per heavy atom. The normalized spacial score (nSPS) is 15.8. The van der Waals surface area contributed by atoms with Gasteiger partial charge in [0.25, 0.3) is 5.56 Å². The molecule has 4 aromatic rings. The Labute approximate surface area is 187 Å². The molecule has 1 saturated carbocycles. The molecule has 9 heteroatoms. The van der Waals surface area contributed by atoms with Gasteiger partial charge >= 0.3 is 0 Å². The van der Waals surface area contributed by atoms with E-state index in [4.69, 9.17) is 21.0 Å². The highest BCUT2D eigenvalue weighted by atomic mass is 35.5. The average molecular weight is 450 g/mol. The molecule has 0 radical (unpaired) electrons. The molecule has 0 spiro atoms. The Morgan fingerprint density at radius 2 is 2.03 bits per heavy atom. The maximum atomic E-state index is 13.0. The van der Waals surface area contributed by atoms with E-state index in [1.807, 2.05) is 0 Å². The van der Waals surface area contributed by atoms with E-state index in [1.165, 1.54) is 11.0 Å². The molecule has 3 aromatic heterocycles. The van der Waals surface area contributed by atoms with Gasteiger partial charge in [-0.1, -0.05) is 17.7 Å². The predicted molar refractivity (Wildman–Crippen MR) is 121 cm³/mol. The van der Waals surface area contributed by atoms with Crippen molar-refractivity contribution < 1.29 is 9.52 Å². The zero-order valence-electron chi connectivity index (χ0n) is 17.4. The maximum Gasteiger partial charge on any atom is 0.296 e. The summed E-state index contributed by atoms with van der Waals surface area (Å²) in [5.41, 5.74) is 2.51. The van der Waals surface area contributed by atoms with Gasteiger partial charge in [0.15, 0.2) is 22.9 Å². The van der Waals surface area contributed by atoms with Crippen molar-refractivity contribution in [1.29, 1.82) is 0 Å². The zero-order chi connectivity index (χ0) is 22.0. The first-order chi connectivity index (χ1) is 15.5. The molecule has 0 aliphatic heterocycles. The third-order valence-electron chi connectivity index (χ3n) is 6.31. The van der Waals surface area contributed by atoms with Crippen molar-refractivity contribution in [2.24, 2.45) is 7.05 Å². The van der Waals surface area contributed by atoms with Crippen LogP contribution in [-0.4, -0.2) is 29.2 Å². The molecule has 0 unspecified atom stereocenters. The van der Waals surface area contributed by atoms with Gasteiger partial charge in [-0.2, -0.15) is 0 Å². The SMILES string of the molecule is Cn1c(-c2nc3c(n2C2CCC2)C=CCC3)nc(-c2nc3cc(Cl)ccc3o2)c(O)c1=O. The second kappa shape index (κ2) is 7.06. The van der Waals surface area contributed by atoms with E-state index in [0.717, 1.165) is 37.1 Å². The van der Waals surface area contributed by atoms with Gasteiger partial charge in [-0.3, -0.25) is 9.36 Å². The molecule has 32 heavy (non-hydrogen) atoms.